The molecular formula is C20H27F3N4O4. The maximum Gasteiger partial charge on any atom is 0.490 e. The third-order valence-corrected chi connectivity index (χ3v) is 6.19. The van der Waals surface area contributed by atoms with E-state index in [1.807, 2.05) is 11.0 Å². The number of amides is 1. The van der Waals surface area contributed by atoms with E-state index in [0.717, 1.165) is 45.0 Å². The zero-order chi connectivity index (χ0) is 22.5. The molecule has 3 aliphatic rings. The van der Waals surface area contributed by atoms with Gasteiger partial charge in [0.2, 0.25) is 11.9 Å². The average molecular weight is 444 g/mol. The molecule has 2 saturated heterocycles. The molecule has 0 unspecified atom stereocenters. The highest BCUT2D eigenvalue weighted by Crippen LogP contribution is 2.49. The molecule has 172 valence electrons. The SMILES string of the molecule is O=C(COC[C@@]12CCC[C@@H]1CN(c1ncccn1)C2)N1CCCC1.O=C(O)C(F)(F)F. The number of alkyl halides is 3. The van der Waals surface area contributed by atoms with E-state index in [1.54, 1.807) is 12.4 Å². The molecule has 1 aliphatic carbocycles. The summed E-state index contributed by atoms with van der Waals surface area (Å²) >= 11 is 0. The minimum absolute atomic E-state index is 0.152. The standard InChI is InChI=1S/C18H26N4O2.C2HF3O2/c23-16(21-9-1-2-10-21)12-24-14-18-6-3-5-15(18)11-22(13-18)17-19-7-4-8-20-17;3-2(4,5)1(6)7/h4,7-8,15H,1-3,5-6,9-14H2;(H,6,7)/t15-,18+;/m1./s1. The second-order valence-electron chi connectivity index (χ2n) is 8.26. The van der Waals surface area contributed by atoms with E-state index in [-0.39, 0.29) is 17.9 Å². The third kappa shape index (κ3) is 5.84. The van der Waals surface area contributed by atoms with Gasteiger partial charge in [-0.25, -0.2) is 14.8 Å². The molecule has 3 fully saturated rings. The summed E-state index contributed by atoms with van der Waals surface area (Å²) < 4.78 is 37.7. The van der Waals surface area contributed by atoms with Gasteiger partial charge in [0.05, 0.1) is 6.61 Å². The zero-order valence-corrected chi connectivity index (χ0v) is 17.2. The molecule has 31 heavy (non-hydrogen) atoms. The van der Waals surface area contributed by atoms with Crippen molar-refractivity contribution in [3.8, 4) is 0 Å². The van der Waals surface area contributed by atoms with Crippen LogP contribution in [0.5, 0.6) is 0 Å². The number of aromatic nitrogens is 2. The maximum atomic E-state index is 12.2. The van der Waals surface area contributed by atoms with Crippen molar-refractivity contribution in [2.24, 2.45) is 11.3 Å². The number of nitrogens with zero attached hydrogens (tertiary/aromatic N) is 4. The summed E-state index contributed by atoms with van der Waals surface area (Å²) in [6, 6.07) is 1.85. The molecule has 8 nitrogen and oxygen atoms in total. The van der Waals surface area contributed by atoms with Crippen LogP contribution in [0.2, 0.25) is 0 Å². The summed E-state index contributed by atoms with van der Waals surface area (Å²) in [4.78, 5) is 34.1. The Kier molecular flexibility index (Phi) is 7.34. The van der Waals surface area contributed by atoms with Crippen LogP contribution in [0.3, 0.4) is 0 Å². The van der Waals surface area contributed by atoms with Crippen molar-refractivity contribution >= 4 is 17.8 Å². The number of rotatable bonds is 5. The smallest absolute Gasteiger partial charge is 0.475 e. The molecule has 4 rings (SSSR count). The number of hydrogen-bond acceptors (Lipinski definition) is 6. The summed E-state index contributed by atoms with van der Waals surface area (Å²) in [5.74, 6) is -1.16. The molecule has 2 atom stereocenters. The number of carboxylic acids is 1. The lowest BCUT2D eigenvalue weighted by molar-refractivity contribution is -0.192. The average Bonchev–Trinajstić information content (AvgIpc) is 3.44. The monoisotopic (exact) mass is 444 g/mol. The number of likely N-dealkylation sites (tertiary alicyclic amines) is 1. The van der Waals surface area contributed by atoms with Gasteiger partial charge in [0.1, 0.15) is 6.61 Å². The van der Waals surface area contributed by atoms with Crippen LogP contribution in [0.1, 0.15) is 32.1 Å². The fourth-order valence-electron chi connectivity index (χ4n) is 4.66. The highest BCUT2D eigenvalue weighted by molar-refractivity contribution is 5.77. The first-order chi connectivity index (χ1) is 14.7. The molecule has 1 N–H and O–H groups in total. The second kappa shape index (κ2) is 9.80. The van der Waals surface area contributed by atoms with Gasteiger partial charge in [0, 0.05) is 44.0 Å². The predicted molar refractivity (Wildman–Crippen MR) is 104 cm³/mol. The van der Waals surface area contributed by atoms with E-state index in [9.17, 15) is 18.0 Å². The first-order valence-corrected chi connectivity index (χ1v) is 10.4. The van der Waals surface area contributed by atoms with Gasteiger partial charge in [-0.05, 0) is 37.7 Å². The Balaban J connectivity index is 0.000000339. The summed E-state index contributed by atoms with van der Waals surface area (Å²) in [6.45, 7) is 4.66. The van der Waals surface area contributed by atoms with Gasteiger partial charge in [-0.2, -0.15) is 13.2 Å². The van der Waals surface area contributed by atoms with Crippen LogP contribution in [0.15, 0.2) is 18.5 Å². The molecule has 0 radical (unpaired) electrons. The molecule has 0 aromatic carbocycles. The van der Waals surface area contributed by atoms with Crippen molar-refractivity contribution in [3.05, 3.63) is 18.5 Å². The molecule has 3 heterocycles. The van der Waals surface area contributed by atoms with Gasteiger partial charge in [-0.3, -0.25) is 4.79 Å². The second-order valence-corrected chi connectivity index (χ2v) is 8.26. The molecule has 1 aromatic heterocycles. The Morgan fingerprint density at radius 1 is 1.19 bits per heavy atom. The molecule has 0 bridgehead atoms. The summed E-state index contributed by atoms with van der Waals surface area (Å²) in [5.41, 5.74) is 0.171. The van der Waals surface area contributed by atoms with Crippen LogP contribution < -0.4 is 4.90 Å². The van der Waals surface area contributed by atoms with Crippen molar-refractivity contribution < 1.29 is 32.6 Å². The molecule has 1 amide bonds. The number of halogens is 3. The lowest BCUT2D eigenvalue weighted by Gasteiger charge is -2.28. The van der Waals surface area contributed by atoms with Crippen LogP contribution in [0, 0.1) is 11.3 Å². The van der Waals surface area contributed by atoms with E-state index in [0.29, 0.717) is 12.5 Å². The number of carbonyl (C=O) groups is 2. The van der Waals surface area contributed by atoms with Crippen molar-refractivity contribution in [1.29, 1.82) is 0 Å². The van der Waals surface area contributed by atoms with Crippen molar-refractivity contribution in [1.82, 2.24) is 14.9 Å². The normalized spacial score (nSPS) is 25.2. The lowest BCUT2D eigenvalue weighted by Crippen LogP contribution is -2.36. The number of fused-ring (bicyclic) bond motifs is 1. The van der Waals surface area contributed by atoms with Crippen molar-refractivity contribution in [2.75, 3.05) is 44.3 Å². The van der Waals surface area contributed by atoms with E-state index < -0.39 is 12.1 Å². The first-order valence-electron chi connectivity index (χ1n) is 10.4. The predicted octanol–water partition coefficient (Wildman–Crippen LogP) is 2.36. The minimum atomic E-state index is -5.08. The third-order valence-electron chi connectivity index (χ3n) is 6.19. The number of hydrogen-bond donors (Lipinski definition) is 1. The number of anilines is 1. The van der Waals surface area contributed by atoms with Crippen LogP contribution in [0.4, 0.5) is 19.1 Å². The summed E-state index contributed by atoms with van der Waals surface area (Å²) in [7, 11) is 0. The van der Waals surface area contributed by atoms with Gasteiger partial charge < -0.3 is 19.6 Å². The van der Waals surface area contributed by atoms with Gasteiger partial charge in [-0.15, -0.1) is 0 Å². The maximum absolute atomic E-state index is 12.2. The topological polar surface area (TPSA) is 95.9 Å². The van der Waals surface area contributed by atoms with Crippen molar-refractivity contribution in [3.63, 3.8) is 0 Å². The Morgan fingerprint density at radius 3 is 2.45 bits per heavy atom. The van der Waals surface area contributed by atoms with Gasteiger partial charge in [0.25, 0.3) is 0 Å². The fraction of sp³-hybridized carbons (Fsp3) is 0.700. The Morgan fingerprint density at radius 2 is 1.84 bits per heavy atom. The van der Waals surface area contributed by atoms with Gasteiger partial charge in [-0.1, -0.05) is 6.42 Å². The van der Waals surface area contributed by atoms with Crippen LogP contribution in [0.25, 0.3) is 0 Å². The number of carbonyl (C=O) groups excluding carboxylic acids is 1. The van der Waals surface area contributed by atoms with E-state index >= 15 is 0 Å². The molecule has 2 aliphatic heterocycles. The molecule has 1 aromatic rings. The van der Waals surface area contributed by atoms with Crippen molar-refractivity contribution in [2.45, 2.75) is 38.3 Å². The van der Waals surface area contributed by atoms with E-state index in [4.69, 9.17) is 14.6 Å². The van der Waals surface area contributed by atoms with E-state index in [1.165, 1.54) is 19.3 Å². The van der Waals surface area contributed by atoms with Crippen LogP contribution >= 0.6 is 0 Å². The quantitative estimate of drug-likeness (QED) is 0.745. The minimum Gasteiger partial charge on any atom is -0.475 e. The number of aliphatic carboxylic acids is 1. The van der Waals surface area contributed by atoms with Gasteiger partial charge in [0.15, 0.2) is 0 Å². The summed E-state index contributed by atoms with van der Waals surface area (Å²) in [6.07, 6.45) is 4.46. The first kappa shape index (κ1) is 23.2. The summed E-state index contributed by atoms with van der Waals surface area (Å²) in [5, 5.41) is 7.12. The largest absolute Gasteiger partial charge is 0.490 e. The molecule has 11 heteroatoms. The molecule has 1 saturated carbocycles. The fourth-order valence-corrected chi connectivity index (χ4v) is 4.66. The highest BCUT2D eigenvalue weighted by Gasteiger charge is 2.50. The Bertz CT molecular complexity index is 759. The Hall–Kier alpha value is -2.43. The van der Waals surface area contributed by atoms with Gasteiger partial charge >= 0.3 is 12.1 Å². The number of ether oxygens (including phenoxy) is 1. The Labute approximate surface area is 178 Å². The number of carboxylic acid groups (broad SMARTS) is 1. The molecular weight excluding hydrogens is 417 g/mol. The lowest BCUT2D eigenvalue weighted by atomic mass is 9.82. The van der Waals surface area contributed by atoms with Crippen LogP contribution in [-0.2, 0) is 14.3 Å². The van der Waals surface area contributed by atoms with E-state index in [2.05, 4.69) is 14.9 Å². The molecule has 0 spiro atoms. The highest BCUT2D eigenvalue weighted by atomic mass is 19.4. The van der Waals surface area contributed by atoms with Crippen LogP contribution in [-0.4, -0.2) is 77.4 Å². The zero-order valence-electron chi connectivity index (χ0n) is 17.2.